The van der Waals surface area contributed by atoms with Gasteiger partial charge in [-0.3, -0.25) is 0 Å². The predicted octanol–water partition coefficient (Wildman–Crippen LogP) is 4.19. The molecule has 8 nitrogen and oxygen atoms in total. The standard InChI is InChI=1S/C25H27N5O3/c1-3-32-24-17-20(18-26-16-15-19-9-12-22(31-2)13-10-19)11-14-23(24)33-25-27-28-29-30(25)21-7-5-4-6-8-21/h4-14,17,26H,3,15-16,18H2,1-2H3. The van der Waals surface area contributed by atoms with E-state index in [4.69, 9.17) is 14.2 Å². The van der Waals surface area contributed by atoms with Gasteiger partial charge in [0.2, 0.25) is 0 Å². The van der Waals surface area contributed by atoms with E-state index >= 15 is 0 Å². The number of methoxy groups -OCH3 is 1. The molecule has 1 heterocycles. The van der Waals surface area contributed by atoms with Crippen LogP contribution >= 0.6 is 0 Å². The molecule has 1 aromatic heterocycles. The molecule has 0 radical (unpaired) electrons. The number of hydrogen-bond acceptors (Lipinski definition) is 7. The SMILES string of the molecule is CCOc1cc(CNCCc2ccc(OC)cc2)ccc1Oc1nnnn1-c1ccccc1. The van der Waals surface area contributed by atoms with Gasteiger partial charge in [0.15, 0.2) is 11.5 Å². The summed E-state index contributed by atoms with van der Waals surface area (Å²) in [7, 11) is 1.68. The molecule has 0 aliphatic heterocycles. The molecule has 0 unspecified atom stereocenters. The van der Waals surface area contributed by atoms with Gasteiger partial charge in [-0.2, -0.15) is 4.68 Å². The molecule has 1 N–H and O–H groups in total. The van der Waals surface area contributed by atoms with Crippen LogP contribution in [0.1, 0.15) is 18.1 Å². The Labute approximate surface area is 193 Å². The molecule has 0 bridgehead atoms. The third-order valence-electron chi connectivity index (χ3n) is 5.03. The number of hydrogen-bond donors (Lipinski definition) is 1. The van der Waals surface area contributed by atoms with Gasteiger partial charge in [-0.15, -0.1) is 0 Å². The van der Waals surface area contributed by atoms with E-state index in [1.165, 1.54) is 5.56 Å². The molecule has 0 fully saturated rings. The highest BCUT2D eigenvalue weighted by atomic mass is 16.5. The fraction of sp³-hybridized carbons (Fsp3) is 0.240. The van der Waals surface area contributed by atoms with Gasteiger partial charge >= 0.3 is 6.01 Å². The second-order valence-corrected chi connectivity index (χ2v) is 7.30. The Kier molecular flexibility index (Phi) is 7.50. The van der Waals surface area contributed by atoms with Crippen LogP contribution in [0.25, 0.3) is 5.69 Å². The molecule has 0 saturated carbocycles. The summed E-state index contributed by atoms with van der Waals surface area (Å²) in [4.78, 5) is 0. The number of tetrazole rings is 1. The van der Waals surface area contributed by atoms with E-state index in [2.05, 4.69) is 33.0 Å². The van der Waals surface area contributed by atoms with Gasteiger partial charge in [0.25, 0.3) is 0 Å². The second kappa shape index (κ2) is 11.1. The normalized spacial score (nSPS) is 10.7. The minimum atomic E-state index is 0.271. The molecular formula is C25H27N5O3. The van der Waals surface area contributed by atoms with Crippen LogP contribution in [-0.4, -0.2) is 40.5 Å². The highest BCUT2D eigenvalue weighted by molar-refractivity contribution is 5.45. The first-order valence-electron chi connectivity index (χ1n) is 10.9. The molecule has 0 amide bonds. The number of benzene rings is 3. The summed E-state index contributed by atoms with van der Waals surface area (Å²) in [6, 6.07) is 23.9. The molecular weight excluding hydrogens is 418 g/mol. The second-order valence-electron chi connectivity index (χ2n) is 7.30. The summed E-state index contributed by atoms with van der Waals surface area (Å²) >= 11 is 0. The van der Waals surface area contributed by atoms with Crippen molar-refractivity contribution in [3.05, 3.63) is 83.9 Å². The minimum absolute atomic E-state index is 0.271. The smallest absolute Gasteiger partial charge is 0.346 e. The first-order chi connectivity index (χ1) is 16.3. The molecule has 0 aliphatic carbocycles. The Bertz CT molecular complexity index is 1150. The van der Waals surface area contributed by atoms with Gasteiger partial charge in [-0.25, -0.2) is 0 Å². The van der Waals surface area contributed by atoms with Crippen LogP contribution in [-0.2, 0) is 13.0 Å². The average molecular weight is 446 g/mol. The predicted molar refractivity (Wildman–Crippen MR) is 125 cm³/mol. The Morgan fingerprint density at radius 3 is 2.45 bits per heavy atom. The van der Waals surface area contributed by atoms with Crippen LogP contribution in [0.15, 0.2) is 72.8 Å². The van der Waals surface area contributed by atoms with Crippen LogP contribution in [0.3, 0.4) is 0 Å². The number of nitrogens with one attached hydrogen (secondary N) is 1. The summed E-state index contributed by atoms with van der Waals surface area (Å²) in [5.74, 6) is 2.08. The molecule has 0 saturated heterocycles. The van der Waals surface area contributed by atoms with E-state index in [1.54, 1.807) is 11.8 Å². The van der Waals surface area contributed by atoms with Crippen LogP contribution < -0.4 is 19.5 Å². The maximum absolute atomic E-state index is 6.02. The summed E-state index contributed by atoms with van der Waals surface area (Å²) < 4.78 is 18.6. The summed E-state index contributed by atoms with van der Waals surface area (Å²) in [5, 5.41) is 15.3. The van der Waals surface area contributed by atoms with Crippen molar-refractivity contribution in [2.75, 3.05) is 20.3 Å². The quantitative estimate of drug-likeness (QED) is 0.347. The summed E-state index contributed by atoms with van der Waals surface area (Å²) in [6.07, 6.45) is 0.936. The van der Waals surface area contributed by atoms with Gasteiger partial charge in [0.05, 0.1) is 19.4 Å². The van der Waals surface area contributed by atoms with E-state index in [0.29, 0.717) is 18.1 Å². The molecule has 8 heteroatoms. The lowest BCUT2D eigenvalue weighted by atomic mass is 10.1. The van der Waals surface area contributed by atoms with Crippen molar-refractivity contribution in [2.24, 2.45) is 0 Å². The van der Waals surface area contributed by atoms with E-state index in [-0.39, 0.29) is 6.01 Å². The Hall–Kier alpha value is -3.91. The van der Waals surface area contributed by atoms with Crippen LogP contribution in [0, 0.1) is 0 Å². The van der Waals surface area contributed by atoms with E-state index < -0.39 is 0 Å². The highest BCUT2D eigenvalue weighted by Crippen LogP contribution is 2.32. The maximum Gasteiger partial charge on any atom is 0.346 e. The van der Waals surface area contributed by atoms with E-state index in [1.807, 2.05) is 67.6 Å². The van der Waals surface area contributed by atoms with Crippen molar-refractivity contribution in [1.82, 2.24) is 25.5 Å². The summed E-state index contributed by atoms with van der Waals surface area (Å²) in [6.45, 7) is 4.05. The Morgan fingerprint density at radius 1 is 0.909 bits per heavy atom. The molecule has 0 spiro atoms. The largest absolute Gasteiger partial charge is 0.497 e. The number of rotatable bonds is 11. The van der Waals surface area contributed by atoms with E-state index in [9.17, 15) is 0 Å². The van der Waals surface area contributed by atoms with Gasteiger partial charge in [0, 0.05) is 6.54 Å². The molecule has 170 valence electrons. The first-order valence-corrected chi connectivity index (χ1v) is 10.9. The minimum Gasteiger partial charge on any atom is -0.497 e. The summed E-state index contributed by atoms with van der Waals surface area (Å²) in [5.41, 5.74) is 3.18. The van der Waals surface area contributed by atoms with Crippen molar-refractivity contribution in [3.8, 4) is 28.9 Å². The number of para-hydroxylation sites is 1. The molecule has 3 aromatic carbocycles. The van der Waals surface area contributed by atoms with Crippen molar-refractivity contribution in [1.29, 1.82) is 0 Å². The molecule has 4 rings (SSSR count). The zero-order valence-corrected chi connectivity index (χ0v) is 18.8. The van der Waals surface area contributed by atoms with Crippen LogP contribution in [0.2, 0.25) is 0 Å². The number of nitrogens with zero attached hydrogens (tertiary/aromatic N) is 4. The van der Waals surface area contributed by atoms with Crippen molar-refractivity contribution in [3.63, 3.8) is 0 Å². The topological polar surface area (TPSA) is 83.3 Å². The zero-order valence-electron chi connectivity index (χ0n) is 18.8. The monoisotopic (exact) mass is 445 g/mol. The molecule has 4 aromatic rings. The van der Waals surface area contributed by atoms with Gasteiger partial charge in [0.1, 0.15) is 5.75 Å². The fourth-order valence-electron chi connectivity index (χ4n) is 3.34. The number of aromatic nitrogens is 4. The number of ether oxygens (including phenoxy) is 3. The third kappa shape index (κ3) is 5.87. The molecule has 0 atom stereocenters. The fourth-order valence-corrected chi connectivity index (χ4v) is 3.34. The maximum atomic E-state index is 6.02. The van der Waals surface area contributed by atoms with Gasteiger partial charge < -0.3 is 19.5 Å². The van der Waals surface area contributed by atoms with Gasteiger partial charge in [-0.05, 0) is 77.8 Å². The Morgan fingerprint density at radius 2 is 1.70 bits per heavy atom. The Balaban J connectivity index is 1.39. The average Bonchev–Trinajstić information content (AvgIpc) is 3.32. The van der Waals surface area contributed by atoms with Crippen LogP contribution in [0.4, 0.5) is 0 Å². The highest BCUT2D eigenvalue weighted by Gasteiger charge is 2.14. The van der Waals surface area contributed by atoms with Gasteiger partial charge in [-0.1, -0.05) is 41.5 Å². The third-order valence-corrected chi connectivity index (χ3v) is 5.03. The van der Waals surface area contributed by atoms with Crippen molar-refractivity contribution < 1.29 is 14.2 Å². The lowest BCUT2D eigenvalue weighted by Crippen LogP contribution is -2.16. The van der Waals surface area contributed by atoms with Crippen LogP contribution in [0.5, 0.6) is 23.3 Å². The van der Waals surface area contributed by atoms with E-state index in [0.717, 1.165) is 36.5 Å². The lowest BCUT2D eigenvalue weighted by Gasteiger charge is -2.13. The molecule has 0 aliphatic rings. The lowest BCUT2D eigenvalue weighted by molar-refractivity contribution is 0.315. The zero-order chi connectivity index (χ0) is 22.9. The van der Waals surface area contributed by atoms with Crippen molar-refractivity contribution >= 4 is 0 Å². The van der Waals surface area contributed by atoms with Crippen molar-refractivity contribution in [2.45, 2.75) is 19.9 Å². The molecule has 33 heavy (non-hydrogen) atoms. The first kappa shape index (κ1) is 22.3.